The van der Waals surface area contributed by atoms with Crippen LogP contribution < -0.4 is 0 Å². The lowest BCUT2D eigenvalue weighted by molar-refractivity contribution is -0.142. The first-order chi connectivity index (χ1) is 6.52. The Labute approximate surface area is 80.1 Å². The van der Waals surface area contributed by atoms with Gasteiger partial charge in [0.2, 0.25) is 5.91 Å². The van der Waals surface area contributed by atoms with Gasteiger partial charge < -0.3 is 10.2 Å². The molecule has 2 amide bonds. The number of carbonyl (C=O) groups excluding carboxylic acids is 2. The minimum Gasteiger partial charge on any atom is -0.481 e. The molecule has 0 aromatic carbocycles. The van der Waals surface area contributed by atoms with Gasteiger partial charge in [-0.2, -0.15) is 0 Å². The summed E-state index contributed by atoms with van der Waals surface area (Å²) in [5.74, 6) is -2.03. The standard InChI is InChI=1S/C8H11NO5/c10-5-4-6(11)9(8(5)14)3-1-2-7(12)13/h5,10H,1-4H2,(H,12,13). The molecule has 6 nitrogen and oxygen atoms in total. The number of nitrogens with zero attached hydrogens (tertiary/aromatic N) is 1. The van der Waals surface area contributed by atoms with E-state index in [1.165, 1.54) is 0 Å². The van der Waals surface area contributed by atoms with Crippen LogP contribution in [-0.2, 0) is 14.4 Å². The molecule has 1 atom stereocenters. The molecular weight excluding hydrogens is 190 g/mol. The lowest BCUT2D eigenvalue weighted by Crippen LogP contribution is -2.33. The van der Waals surface area contributed by atoms with Gasteiger partial charge in [0, 0.05) is 13.0 Å². The highest BCUT2D eigenvalue weighted by Crippen LogP contribution is 2.13. The van der Waals surface area contributed by atoms with Gasteiger partial charge in [-0.15, -0.1) is 0 Å². The molecule has 0 spiro atoms. The summed E-state index contributed by atoms with van der Waals surface area (Å²) < 4.78 is 0. The summed E-state index contributed by atoms with van der Waals surface area (Å²) >= 11 is 0. The van der Waals surface area contributed by atoms with Gasteiger partial charge in [-0.1, -0.05) is 0 Å². The highest BCUT2D eigenvalue weighted by Gasteiger charge is 2.36. The van der Waals surface area contributed by atoms with E-state index in [-0.39, 0.29) is 25.8 Å². The summed E-state index contributed by atoms with van der Waals surface area (Å²) in [5.41, 5.74) is 0. The van der Waals surface area contributed by atoms with Crippen LogP contribution in [0, 0.1) is 0 Å². The van der Waals surface area contributed by atoms with Crippen molar-refractivity contribution >= 4 is 17.8 Å². The molecule has 78 valence electrons. The predicted molar refractivity (Wildman–Crippen MR) is 44.2 cm³/mol. The number of imide groups is 1. The number of aliphatic hydroxyl groups is 1. The molecule has 14 heavy (non-hydrogen) atoms. The van der Waals surface area contributed by atoms with Gasteiger partial charge in [-0.25, -0.2) is 0 Å². The van der Waals surface area contributed by atoms with Gasteiger partial charge >= 0.3 is 5.97 Å². The molecule has 1 unspecified atom stereocenters. The molecule has 1 aliphatic rings. The van der Waals surface area contributed by atoms with Gasteiger partial charge in [0.25, 0.3) is 5.91 Å². The van der Waals surface area contributed by atoms with E-state index in [4.69, 9.17) is 10.2 Å². The van der Waals surface area contributed by atoms with Gasteiger partial charge in [-0.3, -0.25) is 19.3 Å². The van der Waals surface area contributed by atoms with E-state index in [1.807, 2.05) is 0 Å². The second-order valence-corrected chi connectivity index (χ2v) is 3.10. The van der Waals surface area contributed by atoms with Gasteiger partial charge in [0.05, 0.1) is 6.42 Å². The molecule has 0 aromatic heterocycles. The van der Waals surface area contributed by atoms with Gasteiger partial charge in [0.15, 0.2) is 0 Å². The van der Waals surface area contributed by atoms with Crippen LogP contribution in [0.2, 0.25) is 0 Å². The number of carboxylic acids is 1. The van der Waals surface area contributed by atoms with E-state index in [0.29, 0.717) is 0 Å². The molecule has 1 saturated heterocycles. The van der Waals surface area contributed by atoms with Crippen LogP contribution in [0.3, 0.4) is 0 Å². The van der Waals surface area contributed by atoms with Crippen LogP contribution in [0.4, 0.5) is 0 Å². The maximum Gasteiger partial charge on any atom is 0.303 e. The summed E-state index contributed by atoms with van der Waals surface area (Å²) in [6.07, 6.45) is -1.30. The number of aliphatic carboxylic acids is 1. The molecule has 0 saturated carbocycles. The van der Waals surface area contributed by atoms with Crippen molar-refractivity contribution in [3.05, 3.63) is 0 Å². The number of aliphatic hydroxyl groups excluding tert-OH is 1. The highest BCUT2D eigenvalue weighted by atomic mass is 16.4. The van der Waals surface area contributed by atoms with E-state index in [2.05, 4.69) is 0 Å². The number of carbonyl (C=O) groups is 3. The largest absolute Gasteiger partial charge is 0.481 e. The molecule has 6 heteroatoms. The number of amides is 2. The van der Waals surface area contributed by atoms with E-state index in [9.17, 15) is 14.4 Å². The highest BCUT2D eigenvalue weighted by molar-refractivity contribution is 6.04. The Morgan fingerprint density at radius 1 is 1.50 bits per heavy atom. The number of hydrogen-bond donors (Lipinski definition) is 2. The predicted octanol–water partition coefficient (Wildman–Crippen LogP) is -1.03. The monoisotopic (exact) mass is 201 g/mol. The van der Waals surface area contributed by atoms with Crippen molar-refractivity contribution in [2.45, 2.75) is 25.4 Å². The molecule has 1 fully saturated rings. The zero-order chi connectivity index (χ0) is 10.7. The zero-order valence-electron chi connectivity index (χ0n) is 7.47. The fourth-order valence-corrected chi connectivity index (χ4v) is 1.29. The third kappa shape index (κ3) is 2.29. The Balaban J connectivity index is 2.41. The number of carboxylic acid groups (broad SMARTS) is 1. The summed E-state index contributed by atoms with van der Waals surface area (Å²) in [7, 11) is 0. The molecule has 1 rings (SSSR count). The Bertz CT molecular complexity index is 275. The number of likely N-dealkylation sites (tertiary alicyclic amines) is 1. The van der Waals surface area contributed by atoms with Crippen molar-refractivity contribution in [2.75, 3.05) is 6.54 Å². The maximum atomic E-state index is 11.1. The van der Waals surface area contributed by atoms with E-state index < -0.39 is 23.9 Å². The van der Waals surface area contributed by atoms with Crippen molar-refractivity contribution in [2.24, 2.45) is 0 Å². The summed E-state index contributed by atoms with van der Waals surface area (Å²) in [6, 6.07) is 0. The van der Waals surface area contributed by atoms with Crippen molar-refractivity contribution in [1.29, 1.82) is 0 Å². The Morgan fingerprint density at radius 3 is 2.57 bits per heavy atom. The maximum absolute atomic E-state index is 11.1. The van der Waals surface area contributed by atoms with Crippen LogP contribution in [0.5, 0.6) is 0 Å². The van der Waals surface area contributed by atoms with Crippen molar-refractivity contribution < 1.29 is 24.6 Å². The minimum absolute atomic E-state index is 0.0705. The zero-order valence-corrected chi connectivity index (χ0v) is 7.47. The van der Waals surface area contributed by atoms with Gasteiger partial charge in [-0.05, 0) is 6.42 Å². The summed E-state index contributed by atoms with van der Waals surface area (Å²) in [6.45, 7) is 0.0705. The summed E-state index contributed by atoms with van der Waals surface area (Å²) in [4.78, 5) is 33.2. The number of hydrogen-bond acceptors (Lipinski definition) is 4. The Morgan fingerprint density at radius 2 is 2.14 bits per heavy atom. The molecule has 2 N–H and O–H groups in total. The minimum atomic E-state index is -1.24. The average Bonchev–Trinajstić information content (AvgIpc) is 2.31. The first-order valence-corrected chi connectivity index (χ1v) is 4.26. The smallest absolute Gasteiger partial charge is 0.303 e. The van der Waals surface area contributed by atoms with Crippen LogP contribution in [0.1, 0.15) is 19.3 Å². The quantitative estimate of drug-likeness (QED) is 0.567. The topological polar surface area (TPSA) is 94.9 Å². The fourth-order valence-electron chi connectivity index (χ4n) is 1.29. The summed E-state index contributed by atoms with van der Waals surface area (Å²) in [5, 5.41) is 17.4. The van der Waals surface area contributed by atoms with Crippen LogP contribution >= 0.6 is 0 Å². The van der Waals surface area contributed by atoms with Gasteiger partial charge in [0.1, 0.15) is 6.10 Å². The molecule has 0 aliphatic carbocycles. The van der Waals surface area contributed by atoms with Crippen LogP contribution in [0.15, 0.2) is 0 Å². The molecule has 1 heterocycles. The SMILES string of the molecule is O=C(O)CCCN1C(=O)CC(O)C1=O. The van der Waals surface area contributed by atoms with E-state index >= 15 is 0 Å². The molecule has 1 aliphatic heterocycles. The third-order valence-electron chi connectivity index (χ3n) is 1.99. The second-order valence-electron chi connectivity index (χ2n) is 3.10. The normalized spacial score (nSPS) is 21.8. The third-order valence-corrected chi connectivity index (χ3v) is 1.99. The molecule has 0 bridgehead atoms. The van der Waals surface area contributed by atoms with Crippen LogP contribution in [0.25, 0.3) is 0 Å². The molecule has 0 aromatic rings. The Hall–Kier alpha value is -1.43. The van der Waals surface area contributed by atoms with E-state index in [0.717, 1.165) is 4.90 Å². The van der Waals surface area contributed by atoms with Crippen LogP contribution in [-0.4, -0.2) is 45.5 Å². The van der Waals surface area contributed by atoms with Crippen molar-refractivity contribution in [3.8, 4) is 0 Å². The molecular formula is C8H11NO5. The Kier molecular flexibility index (Phi) is 3.19. The lowest BCUT2D eigenvalue weighted by atomic mass is 10.3. The number of rotatable bonds is 4. The lowest BCUT2D eigenvalue weighted by Gasteiger charge is -2.12. The second kappa shape index (κ2) is 4.19. The first kappa shape index (κ1) is 10.6. The van der Waals surface area contributed by atoms with E-state index in [1.54, 1.807) is 0 Å². The average molecular weight is 201 g/mol. The van der Waals surface area contributed by atoms with Crippen molar-refractivity contribution in [1.82, 2.24) is 4.90 Å². The first-order valence-electron chi connectivity index (χ1n) is 4.26. The van der Waals surface area contributed by atoms with Crippen molar-refractivity contribution in [3.63, 3.8) is 0 Å². The molecule has 0 radical (unpaired) electrons. The fraction of sp³-hybridized carbons (Fsp3) is 0.625.